The summed E-state index contributed by atoms with van der Waals surface area (Å²) in [6.45, 7) is 10.1. The normalized spacial score (nSPS) is 17.9. The van der Waals surface area contributed by atoms with Gasteiger partial charge in [-0.1, -0.05) is 39.0 Å². The van der Waals surface area contributed by atoms with Gasteiger partial charge in [-0.05, 0) is 71.7 Å². The second-order valence-corrected chi connectivity index (χ2v) is 10.7. The van der Waals surface area contributed by atoms with Crippen molar-refractivity contribution in [3.8, 4) is 5.75 Å². The van der Waals surface area contributed by atoms with Gasteiger partial charge in [-0.2, -0.15) is 0 Å². The van der Waals surface area contributed by atoms with Crippen LogP contribution in [-0.4, -0.2) is 23.9 Å². The fraction of sp³-hybridized carbons (Fsp3) is 0.286. The monoisotopic (exact) mass is 475 g/mol. The molecule has 0 aliphatic carbocycles. The van der Waals surface area contributed by atoms with Crippen molar-refractivity contribution in [3.63, 3.8) is 0 Å². The molecular weight excluding hydrogens is 446 g/mol. The van der Waals surface area contributed by atoms with E-state index in [2.05, 4.69) is 20.8 Å². The minimum atomic E-state index is -0.732. The molecule has 1 N–H and O–H groups in total. The van der Waals surface area contributed by atoms with Gasteiger partial charge in [0, 0.05) is 10.6 Å². The molecule has 1 aromatic heterocycles. The number of rotatable bonds is 4. The Morgan fingerprint density at radius 3 is 2.26 bits per heavy atom. The largest absolute Gasteiger partial charge is 0.507 e. The van der Waals surface area contributed by atoms with E-state index >= 15 is 0 Å². The Hall–Kier alpha value is -3.38. The van der Waals surface area contributed by atoms with Crippen LogP contribution in [0.15, 0.2) is 59.5 Å². The molecule has 3 aromatic rings. The first-order valence-corrected chi connectivity index (χ1v) is 12.0. The van der Waals surface area contributed by atoms with Crippen molar-refractivity contribution in [2.45, 2.75) is 46.1 Å². The van der Waals surface area contributed by atoms with E-state index in [4.69, 9.17) is 4.74 Å². The third-order valence-corrected chi connectivity index (χ3v) is 6.99. The summed E-state index contributed by atoms with van der Waals surface area (Å²) >= 11 is 1.44. The number of hydrogen-bond acceptors (Lipinski definition) is 5. The van der Waals surface area contributed by atoms with Crippen molar-refractivity contribution in [1.29, 1.82) is 0 Å². The van der Waals surface area contributed by atoms with E-state index in [0.717, 1.165) is 21.6 Å². The maximum absolute atomic E-state index is 13.4. The van der Waals surface area contributed by atoms with Crippen molar-refractivity contribution in [2.24, 2.45) is 0 Å². The van der Waals surface area contributed by atoms with Gasteiger partial charge in [-0.15, -0.1) is 11.3 Å². The Kier molecular flexibility index (Phi) is 6.13. The van der Waals surface area contributed by atoms with Crippen LogP contribution in [0.4, 0.5) is 5.69 Å². The number of carbonyl (C=O) groups excluding carboxylic acids is 2. The van der Waals surface area contributed by atoms with Crippen LogP contribution in [0.5, 0.6) is 5.75 Å². The highest BCUT2D eigenvalue weighted by molar-refractivity contribution is 7.10. The fourth-order valence-electron chi connectivity index (χ4n) is 4.41. The number of ketones is 1. The van der Waals surface area contributed by atoms with Crippen LogP contribution in [0.1, 0.15) is 53.9 Å². The molecule has 1 atom stereocenters. The van der Waals surface area contributed by atoms with Crippen molar-refractivity contribution in [2.75, 3.05) is 12.0 Å². The lowest BCUT2D eigenvalue weighted by Crippen LogP contribution is -2.29. The third kappa shape index (κ3) is 4.14. The minimum absolute atomic E-state index is 0.0657. The topological polar surface area (TPSA) is 66.8 Å². The zero-order valence-corrected chi connectivity index (χ0v) is 21.1. The Bertz CT molecular complexity index is 1280. The molecule has 5 nitrogen and oxygen atoms in total. The number of hydrogen-bond donors (Lipinski definition) is 1. The average molecular weight is 476 g/mol. The molecule has 6 heteroatoms. The molecule has 2 aromatic carbocycles. The summed E-state index contributed by atoms with van der Waals surface area (Å²) in [5, 5.41) is 13.5. The van der Waals surface area contributed by atoms with E-state index in [-0.39, 0.29) is 16.7 Å². The number of aryl methyl sites for hydroxylation is 2. The first-order chi connectivity index (χ1) is 16.0. The maximum Gasteiger partial charge on any atom is 0.300 e. The van der Waals surface area contributed by atoms with E-state index in [0.29, 0.717) is 17.0 Å². The molecule has 1 saturated heterocycles. The number of aliphatic hydroxyl groups excluding tert-OH is 1. The minimum Gasteiger partial charge on any atom is -0.507 e. The van der Waals surface area contributed by atoms with Gasteiger partial charge >= 0.3 is 0 Å². The predicted molar refractivity (Wildman–Crippen MR) is 137 cm³/mol. The zero-order chi connectivity index (χ0) is 24.8. The van der Waals surface area contributed by atoms with Gasteiger partial charge in [0.05, 0.1) is 18.2 Å². The number of carbonyl (C=O) groups is 2. The Balaban J connectivity index is 1.98. The number of ether oxygens (including phenoxy) is 1. The van der Waals surface area contributed by atoms with Crippen LogP contribution in [0.25, 0.3) is 5.76 Å². The molecule has 4 rings (SSSR count). The van der Waals surface area contributed by atoms with E-state index in [1.807, 2.05) is 61.7 Å². The van der Waals surface area contributed by atoms with E-state index in [1.54, 1.807) is 6.07 Å². The quantitative estimate of drug-likeness (QED) is 0.273. The smallest absolute Gasteiger partial charge is 0.300 e. The molecule has 0 saturated carbocycles. The highest BCUT2D eigenvalue weighted by atomic mass is 32.1. The Labute approximate surface area is 204 Å². The Morgan fingerprint density at radius 2 is 1.71 bits per heavy atom. The average Bonchev–Trinajstić information content (AvgIpc) is 3.38. The van der Waals surface area contributed by atoms with Crippen molar-refractivity contribution < 1.29 is 19.4 Å². The van der Waals surface area contributed by atoms with Gasteiger partial charge in [0.1, 0.15) is 17.6 Å². The highest BCUT2D eigenvalue weighted by Crippen LogP contribution is 2.45. The molecule has 2 heterocycles. The number of nitrogens with zero attached hydrogens (tertiary/aromatic N) is 1. The maximum atomic E-state index is 13.4. The van der Waals surface area contributed by atoms with Gasteiger partial charge < -0.3 is 9.84 Å². The SMILES string of the molecule is COc1ccc(C(C)(C)C)cc1/C(O)=C1\C(=O)C(=O)N(c2cc(C)cc(C)c2)C1c1cccs1. The molecule has 1 aliphatic heterocycles. The number of benzene rings is 2. The molecule has 1 unspecified atom stereocenters. The van der Waals surface area contributed by atoms with Crippen molar-refractivity contribution >= 4 is 34.5 Å². The molecular formula is C28H29NO4S. The first-order valence-electron chi connectivity index (χ1n) is 11.1. The van der Waals surface area contributed by atoms with Crippen LogP contribution in [-0.2, 0) is 15.0 Å². The first kappa shape index (κ1) is 23.8. The molecule has 0 radical (unpaired) electrons. The summed E-state index contributed by atoms with van der Waals surface area (Å²) in [7, 11) is 1.52. The summed E-state index contributed by atoms with van der Waals surface area (Å²) in [5.74, 6) is -1.16. The number of aliphatic hydroxyl groups is 1. The van der Waals surface area contributed by atoms with Crippen LogP contribution in [0, 0.1) is 13.8 Å². The summed E-state index contributed by atoms with van der Waals surface area (Å²) < 4.78 is 5.52. The predicted octanol–water partition coefficient (Wildman–Crippen LogP) is 6.30. The molecule has 176 valence electrons. The number of anilines is 1. The van der Waals surface area contributed by atoms with Crippen molar-refractivity contribution in [3.05, 3.63) is 86.6 Å². The molecule has 1 amide bonds. The lowest BCUT2D eigenvalue weighted by atomic mass is 9.85. The zero-order valence-electron chi connectivity index (χ0n) is 20.3. The van der Waals surface area contributed by atoms with Crippen LogP contribution in [0.3, 0.4) is 0 Å². The van der Waals surface area contributed by atoms with Gasteiger partial charge in [0.25, 0.3) is 11.7 Å². The lowest BCUT2D eigenvalue weighted by Gasteiger charge is -2.25. The van der Waals surface area contributed by atoms with Gasteiger partial charge in [-0.3, -0.25) is 14.5 Å². The second kappa shape index (κ2) is 8.76. The van der Waals surface area contributed by atoms with E-state index in [9.17, 15) is 14.7 Å². The molecule has 0 bridgehead atoms. The molecule has 34 heavy (non-hydrogen) atoms. The van der Waals surface area contributed by atoms with Gasteiger partial charge in [0.2, 0.25) is 0 Å². The summed E-state index contributed by atoms with van der Waals surface area (Å²) in [4.78, 5) is 29.1. The van der Waals surface area contributed by atoms with Crippen LogP contribution < -0.4 is 9.64 Å². The van der Waals surface area contributed by atoms with E-state index < -0.39 is 17.7 Å². The second-order valence-electron chi connectivity index (χ2n) is 9.70. The van der Waals surface area contributed by atoms with Crippen molar-refractivity contribution in [1.82, 2.24) is 0 Å². The molecule has 0 spiro atoms. The van der Waals surface area contributed by atoms with Crippen LogP contribution >= 0.6 is 11.3 Å². The number of methoxy groups -OCH3 is 1. The lowest BCUT2D eigenvalue weighted by molar-refractivity contribution is -0.132. The number of amides is 1. The van der Waals surface area contributed by atoms with E-state index in [1.165, 1.54) is 23.3 Å². The number of thiophene rings is 1. The Morgan fingerprint density at radius 1 is 1.03 bits per heavy atom. The summed E-state index contributed by atoms with van der Waals surface area (Å²) in [6, 6.07) is 14.4. The highest BCUT2D eigenvalue weighted by Gasteiger charge is 2.47. The van der Waals surface area contributed by atoms with Gasteiger partial charge in [-0.25, -0.2) is 0 Å². The van der Waals surface area contributed by atoms with Gasteiger partial charge in [0.15, 0.2) is 0 Å². The number of Topliss-reactive ketones (excluding diaryl/α,β-unsaturated/α-hetero) is 1. The molecule has 1 fully saturated rings. The fourth-order valence-corrected chi connectivity index (χ4v) is 5.23. The summed E-state index contributed by atoms with van der Waals surface area (Å²) in [6.07, 6.45) is 0. The third-order valence-electron chi connectivity index (χ3n) is 6.06. The molecule has 1 aliphatic rings. The standard InChI is InChI=1S/C28H29NO4S/c1-16-12-17(2)14-19(13-16)29-24(22-8-7-11-34-22)23(26(31)27(29)32)25(30)20-15-18(28(3,4)5)9-10-21(20)33-6/h7-15,24,30H,1-6H3/b25-23+. The van der Waals surface area contributed by atoms with Crippen LogP contribution in [0.2, 0.25) is 0 Å². The summed E-state index contributed by atoms with van der Waals surface area (Å²) in [5.41, 5.74) is 3.87.